The molecule has 2 unspecified atom stereocenters. The number of hydrogen-bond acceptors (Lipinski definition) is 4. The molecule has 1 aliphatic rings. The Labute approximate surface area is 112 Å². The predicted octanol–water partition coefficient (Wildman–Crippen LogP) is 0.490. The molecule has 2 N–H and O–H groups in total. The highest BCUT2D eigenvalue weighted by atomic mass is 16.5. The fourth-order valence-corrected chi connectivity index (χ4v) is 2.20. The van der Waals surface area contributed by atoms with Gasteiger partial charge in [0.15, 0.2) is 0 Å². The zero-order valence-corrected chi connectivity index (χ0v) is 10.9. The molecule has 1 saturated heterocycles. The summed E-state index contributed by atoms with van der Waals surface area (Å²) < 4.78 is 5.21. The van der Waals surface area contributed by atoms with Crippen molar-refractivity contribution in [2.24, 2.45) is 11.7 Å². The van der Waals surface area contributed by atoms with Gasteiger partial charge in [-0.3, -0.25) is 4.79 Å². The van der Waals surface area contributed by atoms with Crippen LogP contribution in [0.1, 0.15) is 11.1 Å². The predicted molar refractivity (Wildman–Crippen MR) is 69.9 cm³/mol. The van der Waals surface area contributed by atoms with Crippen molar-refractivity contribution in [1.29, 1.82) is 5.26 Å². The molecule has 0 saturated carbocycles. The fourth-order valence-electron chi connectivity index (χ4n) is 2.20. The van der Waals surface area contributed by atoms with Crippen LogP contribution in [0.2, 0.25) is 0 Å². The van der Waals surface area contributed by atoms with E-state index in [-0.39, 0.29) is 17.9 Å². The van der Waals surface area contributed by atoms with Crippen LogP contribution < -0.4 is 5.73 Å². The van der Waals surface area contributed by atoms with Crippen LogP contribution in [0, 0.1) is 17.2 Å². The maximum absolute atomic E-state index is 12.2. The highest BCUT2D eigenvalue weighted by Gasteiger charge is 2.33. The van der Waals surface area contributed by atoms with E-state index in [0.29, 0.717) is 25.3 Å². The molecule has 0 aliphatic carbocycles. The lowest BCUT2D eigenvalue weighted by Crippen LogP contribution is -2.41. The van der Waals surface area contributed by atoms with Crippen molar-refractivity contribution < 1.29 is 9.53 Å². The van der Waals surface area contributed by atoms with Gasteiger partial charge in [0.05, 0.1) is 30.8 Å². The van der Waals surface area contributed by atoms with Crippen LogP contribution in [0.5, 0.6) is 0 Å². The van der Waals surface area contributed by atoms with Gasteiger partial charge in [0, 0.05) is 19.6 Å². The number of rotatable bonds is 3. The summed E-state index contributed by atoms with van der Waals surface area (Å²) in [6.45, 7) is 1.30. The first-order valence-electron chi connectivity index (χ1n) is 6.19. The number of carbonyl (C=O) groups excluding carboxylic acids is 1. The number of ether oxygens (including phenoxy) is 1. The zero-order valence-electron chi connectivity index (χ0n) is 10.9. The molecule has 5 heteroatoms. The van der Waals surface area contributed by atoms with Gasteiger partial charge >= 0.3 is 0 Å². The molecule has 0 bridgehead atoms. The van der Waals surface area contributed by atoms with Crippen molar-refractivity contribution in [2.75, 3.05) is 20.3 Å². The van der Waals surface area contributed by atoms with E-state index in [4.69, 9.17) is 15.7 Å². The van der Waals surface area contributed by atoms with Crippen LogP contribution in [0.15, 0.2) is 24.3 Å². The Morgan fingerprint density at radius 2 is 2.37 bits per heavy atom. The lowest BCUT2D eigenvalue weighted by atomic mass is 10.0. The topological polar surface area (TPSA) is 79.3 Å². The Bertz CT molecular complexity index is 510. The SMILES string of the molecule is CN(Cc1cccc(C#N)c1)C(=O)C1COCC1N. The summed E-state index contributed by atoms with van der Waals surface area (Å²) in [5.41, 5.74) is 7.37. The number of carbonyl (C=O) groups is 1. The Morgan fingerprint density at radius 3 is 3.00 bits per heavy atom. The van der Waals surface area contributed by atoms with Crippen molar-refractivity contribution in [2.45, 2.75) is 12.6 Å². The Morgan fingerprint density at radius 1 is 1.58 bits per heavy atom. The average molecular weight is 259 g/mol. The molecule has 0 spiro atoms. The van der Waals surface area contributed by atoms with Crippen LogP contribution in [0.25, 0.3) is 0 Å². The van der Waals surface area contributed by atoms with Gasteiger partial charge in [-0.15, -0.1) is 0 Å². The third-order valence-corrected chi connectivity index (χ3v) is 3.29. The Kier molecular flexibility index (Phi) is 4.15. The fraction of sp³-hybridized carbons (Fsp3) is 0.429. The average Bonchev–Trinajstić information content (AvgIpc) is 2.84. The molecule has 19 heavy (non-hydrogen) atoms. The second kappa shape index (κ2) is 5.83. The standard InChI is InChI=1S/C14H17N3O2/c1-17(14(18)12-8-19-9-13(12)16)7-11-4-2-3-10(5-11)6-15/h2-5,12-13H,7-9,16H2,1H3. The minimum atomic E-state index is -0.260. The van der Waals surface area contributed by atoms with Crippen molar-refractivity contribution in [3.63, 3.8) is 0 Å². The van der Waals surface area contributed by atoms with E-state index in [0.717, 1.165) is 5.56 Å². The number of amides is 1. The van der Waals surface area contributed by atoms with E-state index < -0.39 is 0 Å². The van der Waals surface area contributed by atoms with Crippen molar-refractivity contribution in [3.05, 3.63) is 35.4 Å². The van der Waals surface area contributed by atoms with E-state index in [9.17, 15) is 4.79 Å². The molecular formula is C14H17N3O2. The molecule has 0 aromatic heterocycles. The van der Waals surface area contributed by atoms with Crippen LogP contribution in [0.3, 0.4) is 0 Å². The van der Waals surface area contributed by atoms with E-state index in [1.807, 2.05) is 12.1 Å². The van der Waals surface area contributed by atoms with Gasteiger partial charge in [-0.1, -0.05) is 12.1 Å². The van der Waals surface area contributed by atoms with Gasteiger partial charge in [0.1, 0.15) is 0 Å². The van der Waals surface area contributed by atoms with E-state index in [2.05, 4.69) is 6.07 Å². The molecule has 1 fully saturated rings. The maximum Gasteiger partial charge on any atom is 0.229 e. The molecule has 5 nitrogen and oxygen atoms in total. The van der Waals surface area contributed by atoms with E-state index in [1.165, 1.54) is 0 Å². The highest BCUT2D eigenvalue weighted by molar-refractivity contribution is 5.79. The maximum atomic E-state index is 12.2. The van der Waals surface area contributed by atoms with Crippen molar-refractivity contribution in [3.8, 4) is 6.07 Å². The minimum absolute atomic E-state index is 0.00707. The molecule has 1 aromatic rings. The molecular weight excluding hydrogens is 242 g/mol. The number of hydrogen-bond donors (Lipinski definition) is 1. The number of nitrogens with two attached hydrogens (primary N) is 1. The first kappa shape index (κ1) is 13.5. The third-order valence-electron chi connectivity index (χ3n) is 3.29. The molecule has 2 atom stereocenters. The summed E-state index contributed by atoms with van der Waals surface area (Å²) in [5, 5.41) is 8.85. The van der Waals surface area contributed by atoms with Crippen LogP contribution in [-0.4, -0.2) is 37.1 Å². The van der Waals surface area contributed by atoms with Gasteiger partial charge < -0.3 is 15.4 Å². The van der Waals surface area contributed by atoms with Crippen molar-refractivity contribution in [1.82, 2.24) is 4.90 Å². The van der Waals surface area contributed by atoms with Crippen molar-refractivity contribution >= 4 is 5.91 Å². The second-order valence-corrected chi connectivity index (χ2v) is 4.81. The summed E-state index contributed by atoms with van der Waals surface area (Å²) in [7, 11) is 1.74. The largest absolute Gasteiger partial charge is 0.379 e. The third kappa shape index (κ3) is 3.11. The lowest BCUT2D eigenvalue weighted by molar-refractivity contribution is -0.135. The van der Waals surface area contributed by atoms with Crippen LogP contribution >= 0.6 is 0 Å². The smallest absolute Gasteiger partial charge is 0.229 e. The first-order chi connectivity index (χ1) is 9.11. The molecule has 0 radical (unpaired) electrons. The second-order valence-electron chi connectivity index (χ2n) is 4.81. The molecule has 2 rings (SSSR count). The zero-order chi connectivity index (χ0) is 13.8. The van der Waals surface area contributed by atoms with Crippen LogP contribution in [0.4, 0.5) is 0 Å². The number of nitriles is 1. The minimum Gasteiger partial charge on any atom is -0.379 e. The Hall–Kier alpha value is -1.90. The molecule has 1 heterocycles. The quantitative estimate of drug-likeness (QED) is 0.856. The molecule has 1 amide bonds. The van der Waals surface area contributed by atoms with Gasteiger partial charge in [-0.25, -0.2) is 0 Å². The summed E-state index contributed by atoms with van der Waals surface area (Å²) in [6, 6.07) is 9.11. The van der Waals surface area contributed by atoms with E-state index >= 15 is 0 Å². The summed E-state index contributed by atoms with van der Waals surface area (Å²) >= 11 is 0. The van der Waals surface area contributed by atoms with Gasteiger partial charge in [0.25, 0.3) is 0 Å². The van der Waals surface area contributed by atoms with Gasteiger partial charge in [0.2, 0.25) is 5.91 Å². The lowest BCUT2D eigenvalue weighted by Gasteiger charge is -2.22. The molecule has 1 aromatic carbocycles. The normalized spacial score (nSPS) is 21.9. The number of benzene rings is 1. The Balaban J connectivity index is 2.02. The summed E-state index contributed by atoms with van der Waals surface area (Å²) in [4.78, 5) is 13.9. The first-order valence-corrected chi connectivity index (χ1v) is 6.19. The summed E-state index contributed by atoms with van der Waals surface area (Å²) in [5.74, 6) is -0.267. The number of nitrogens with zero attached hydrogens (tertiary/aromatic N) is 2. The molecule has 1 aliphatic heterocycles. The summed E-state index contributed by atoms with van der Waals surface area (Å²) in [6.07, 6.45) is 0. The molecule has 100 valence electrons. The highest BCUT2D eigenvalue weighted by Crippen LogP contribution is 2.16. The monoisotopic (exact) mass is 259 g/mol. The van der Waals surface area contributed by atoms with Crippen LogP contribution in [-0.2, 0) is 16.1 Å². The van der Waals surface area contributed by atoms with E-state index in [1.54, 1.807) is 24.1 Å². The van der Waals surface area contributed by atoms with Gasteiger partial charge in [-0.2, -0.15) is 5.26 Å². The van der Waals surface area contributed by atoms with Gasteiger partial charge in [-0.05, 0) is 17.7 Å².